The summed E-state index contributed by atoms with van der Waals surface area (Å²) in [4.78, 5) is 2.43. The Bertz CT molecular complexity index is 435. The van der Waals surface area contributed by atoms with E-state index >= 15 is 0 Å². The third-order valence-corrected chi connectivity index (χ3v) is 4.77. The van der Waals surface area contributed by atoms with Gasteiger partial charge in [0.05, 0.1) is 12.2 Å². The molecule has 0 saturated carbocycles. The van der Waals surface area contributed by atoms with Crippen LogP contribution in [0.5, 0.6) is 0 Å². The number of unbranched alkanes of at least 4 members (excludes halogenated alkanes) is 1. The van der Waals surface area contributed by atoms with Crippen LogP contribution in [0.2, 0.25) is 0 Å². The molecule has 0 aromatic heterocycles. The lowest BCUT2D eigenvalue weighted by Gasteiger charge is -2.29. The first kappa shape index (κ1) is 18.4. The van der Waals surface area contributed by atoms with Gasteiger partial charge >= 0.3 is 0 Å². The topological polar surface area (TPSA) is 43.7 Å². The molecule has 2 rings (SSSR count). The Morgan fingerprint density at radius 2 is 1.74 bits per heavy atom. The number of aliphatic hydroxyl groups excluding tert-OH is 2. The molecule has 130 valence electrons. The fourth-order valence-corrected chi connectivity index (χ4v) is 3.33. The SMILES string of the molecule is CC(C)Cc1ccc(C(O)CCCCN2CCC(O)CC2)cc1. The summed E-state index contributed by atoms with van der Waals surface area (Å²) in [6.07, 6.45) is 5.49. The van der Waals surface area contributed by atoms with Crippen LogP contribution in [-0.2, 0) is 6.42 Å². The van der Waals surface area contributed by atoms with Crippen LogP contribution in [0.3, 0.4) is 0 Å². The summed E-state index contributed by atoms with van der Waals surface area (Å²) in [6, 6.07) is 8.46. The Balaban J connectivity index is 1.65. The van der Waals surface area contributed by atoms with E-state index in [2.05, 4.69) is 43.0 Å². The predicted octanol–water partition coefficient (Wildman–Crippen LogP) is 3.55. The molecular weight excluding hydrogens is 286 g/mol. The number of rotatable bonds is 8. The van der Waals surface area contributed by atoms with Crippen LogP contribution in [0.25, 0.3) is 0 Å². The molecule has 23 heavy (non-hydrogen) atoms. The largest absolute Gasteiger partial charge is 0.393 e. The zero-order valence-corrected chi connectivity index (χ0v) is 14.7. The number of aliphatic hydroxyl groups is 2. The highest BCUT2D eigenvalue weighted by Gasteiger charge is 2.16. The highest BCUT2D eigenvalue weighted by molar-refractivity contribution is 5.24. The lowest BCUT2D eigenvalue weighted by molar-refractivity contribution is 0.0808. The Kier molecular flexibility index (Phi) is 7.54. The quantitative estimate of drug-likeness (QED) is 0.720. The highest BCUT2D eigenvalue weighted by Crippen LogP contribution is 2.21. The molecule has 1 fully saturated rings. The van der Waals surface area contributed by atoms with Crippen molar-refractivity contribution in [3.05, 3.63) is 35.4 Å². The van der Waals surface area contributed by atoms with Gasteiger partial charge in [0.1, 0.15) is 0 Å². The second-order valence-corrected chi connectivity index (χ2v) is 7.42. The lowest BCUT2D eigenvalue weighted by Crippen LogP contribution is -2.36. The second-order valence-electron chi connectivity index (χ2n) is 7.42. The van der Waals surface area contributed by atoms with Gasteiger partial charge in [0, 0.05) is 13.1 Å². The minimum Gasteiger partial charge on any atom is -0.393 e. The molecule has 1 aromatic rings. The van der Waals surface area contributed by atoms with Gasteiger partial charge in [0.15, 0.2) is 0 Å². The molecule has 3 nitrogen and oxygen atoms in total. The van der Waals surface area contributed by atoms with E-state index < -0.39 is 0 Å². The van der Waals surface area contributed by atoms with Gasteiger partial charge in [-0.2, -0.15) is 0 Å². The van der Waals surface area contributed by atoms with E-state index in [0.717, 1.165) is 63.7 Å². The molecule has 1 unspecified atom stereocenters. The first-order valence-electron chi connectivity index (χ1n) is 9.22. The van der Waals surface area contributed by atoms with E-state index in [1.54, 1.807) is 0 Å². The predicted molar refractivity (Wildman–Crippen MR) is 95.5 cm³/mol. The van der Waals surface area contributed by atoms with Gasteiger partial charge in [0.25, 0.3) is 0 Å². The third-order valence-electron chi connectivity index (χ3n) is 4.77. The first-order valence-corrected chi connectivity index (χ1v) is 9.22. The summed E-state index contributed by atoms with van der Waals surface area (Å²) in [6.45, 7) is 7.58. The van der Waals surface area contributed by atoms with E-state index in [-0.39, 0.29) is 12.2 Å². The van der Waals surface area contributed by atoms with Crippen LogP contribution in [0.4, 0.5) is 0 Å². The van der Waals surface area contributed by atoms with Gasteiger partial charge in [-0.3, -0.25) is 0 Å². The second kappa shape index (κ2) is 9.41. The summed E-state index contributed by atoms with van der Waals surface area (Å²) >= 11 is 0. The summed E-state index contributed by atoms with van der Waals surface area (Å²) in [5.74, 6) is 0.668. The smallest absolute Gasteiger partial charge is 0.0790 e. The van der Waals surface area contributed by atoms with Gasteiger partial charge in [0.2, 0.25) is 0 Å². The Morgan fingerprint density at radius 1 is 1.09 bits per heavy atom. The summed E-state index contributed by atoms with van der Waals surface area (Å²) in [5, 5.41) is 19.8. The number of likely N-dealkylation sites (tertiary alicyclic amines) is 1. The minimum absolute atomic E-state index is 0.0910. The van der Waals surface area contributed by atoms with E-state index in [4.69, 9.17) is 0 Å². The summed E-state index contributed by atoms with van der Waals surface area (Å²) < 4.78 is 0. The van der Waals surface area contributed by atoms with Crippen molar-refractivity contribution >= 4 is 0 Å². The average Bonchev–Trinajstić information content (AvgIpc) is 2.53. The van der Waals surface area contributed by atoms with Gasteiger partial charge in [-0.25, -0.2) is 0 Å². The molecule has 0 aliphatic carbocycles. The number of hydrogen-bond acceptors (Lipinski definition) is 3. The molecule has 0 bridgehead atoms. The maximum atomic E-state index is 10.3. The van der Waals surface area contributed by atoms with Crippen LogP contribution in [-0.4, -0.2) is 40.9 Å². The van der Waals surface area contributed by atoms with E-state index in [0.29, 0.717) is 5.92 Å². The van der Waals surface area contributed by atoms with Crippen molar-refractivity contribution in [2.24, 2.45) is 5.92 Å². The normalized spacial score (nSPS) is 18.5. The maximum absolute atomic E-state index is 10.3. The lowest BCUT2D eigenvalue weighted by atomic mass is 9.98. The highest BCUT2D eigenvalue weighted by atomic mass is 16.3. The Morgan fingerprint density at radius 3 is 2.35 bits per heavy atom. The van der Waals surface area contributed by atoms with Crippen molar-refractivity contribution in [2.45, 2.75) is 64.6 Å². The molecule has 0 radical (unpaired) electrons. The summed E-state index contributed by atoms with van der Waals surface area (Å²) in [5.41, 5.74) is 2.39. The molecule has 3 heteroatoms. The monoisotopic (exact) mass is 319 g/mol. The fourth-order valence-electron chi connectivity index (χ4n) is 3.33. The van der Waals surface area contributed by atoms with Crippen molar-refractivity contribution in [1.82, 2.24) is 4.90 Å². The van der Waals surface area contributed by atoms with Crippen molar-refractivity contribution in [2.75, 3.05) is 19.6 Å². The van der Waals surface area contributed by atoms with Crippen LogP contribution in [0.15, 0.2) is 24.3 Å². The third kappa shape index (κ3) is 6.62. The summed E-state index contributed by atoms with van der Waals surface area (Å²) in [7, 11) is 0. The molecule has 1 aromatic carbocycles. The van der Waals surface area contributed by atoms with Crippen LogP contribution >= 0.6 is 0 Å². The molecule has 0 amide bonds. The number of benzene rings is 1. The zero-order chi connectivity index (χ0) is 16.7. The number of nitrogens with zero attached hydrogens (tertiary/aromatic N) is 1. The molecule has 1 aliphatic rings. The van der Waals surface area contributed by atoms with Crippen LogP contribution in [0.1, 0.15) is 63.2 Å². The standard InChI is InChI=1S/C20H33NO2/c1-16(2)15-17-6-8-18(9-7-17)20(23)5-3-4-12-21-13-10-19(22)11-14-21/h6-9,16,19-20,22-23H,3-5,10-15H2,1-2H3. The van der Waals surface area contributed by atoms with Gasteiger partial charge in [-0.05, 0) is 62.1 Å². The van der Waals surface area contributed by atoms with E-state index in [1.165, 1.54) is 5.56 Å². The van der Waals surface area contributed by atoms with Crippen molar-refractivity contribution in [3.63, 3.8) is 0 Å². The molecule has 1 saturated heterocycles. The molecule has 1 atom stereocenters. The minimum atomic E-state index is -0.341. The Labute approximate surface area is 141 Å². The van der Waals surface area contributed by atoms with Crippen molar-refractivity contribution in [3.8, 4) is 0 Å². The Hall–Kier alpha value is -0.900. The number of piperidine rings is 1. The molecule has 1 heterocycles. The van der Waals surface area contributed by atoms with Crippen LogP contribution in [0, 0.1) is 5.92 Å². The average molecular weight is 319 g/mol. The molecule has 0 spiro atoms. The number of hydrogen-bond donors (Lipinski definition) is 2. The first-order chi connectivity index (χ1) is 11.0. The van der Waals surface area contributed by atoms with Gasteiger partial charge in [-0.1, -0.05) is 38.1 Å². The van der Waals surface area contributed by atoms with Crippen LogP contribution < -0.4 is 0 Å². The van der Waals surface area contributed by atoms with Gasteiger partial charge in [-0.15, -0.1) is 0 Å². The zero-order valence-electron chi connectivity index (χ0n) is 14.7. The molecule has 1 aliphatic heterocycles. The fraction of sp³-hybridized carbons (Fsp3) is 0.700. The molecule has 2 N–H and O–H groups in total. The van der Waals surface area contributed by atoms with E-state index in [1.807, 2.05) is 0 Å². The van der Waals surface area contributed by atoms with Crippen molar-refractivity contribution in [1.29, 1.82) is 0 Å². The molecular formula is C20H33NO2. The van der Waals surface area contributed by atoms with E-state index in [9.17, 15) is 10.2 Å². The van der Waals surface area contributed by atoms with Gasteiger partial charge < -0.3 is 15.1 Å². The van der Waals surface area contributed by atoms with Crippen molar-refractivity contribution < 1.29 is 10.2 Å². The maximum Gasteiger partial charge on any atom is 0.0790 e.